The average molecular weight is 366 g/mol. The van der Waals surface area contributed by atoms with Gasteiger partial charge >= 0.3 is 5.97 Å². The minimum Gasteiger partial charge on any atom is -0.377 e. The normalized spacial score (nSPS) is 13.1. The molecule has 1 aromatic carbocycles. The van der Waals surface area contributed by atoms with Gasteiger partial charge in [-0.2, -0.15) is 0 Å². The largest absolute Gasteiger partial charge is 0.377 e. The maximum absolute atomic E-state index is 11.6. The molecule has 0 aliphatic rings. The van der Waals surface area contributed by atoms with Crippen LogP contribution in [0.4, 0.5) is 0 Å². The van der Waals surface area contributed by atoms with Crippen molar-refractivity contribution >= 4 is 15.0 Å². The molecule has 1 aromatic rings. The fourth-order valence-electron chi connectivity index (χ4n) is 2.40. The van der Waals surface area contributed by atoms with E-state index >= 15 is 0 Å². The molecule has 0 saturated carbocycles. The first-order valence-corrected chi connectivity index (χ1v) is 11.4. The van der Waals surface area contributed by atoms with E-state index in [0.29, 0.717) is 19.6 Å². The van der Waals surface area contributed by atoms with Crippen LogP contribution < -0.4 is 0 Å². The Balaban J connectivity index is 2.20. The summed E-state index contributed by atoms with van der Waals surface area (Å²) in [5.74, 6) is -0.00748. The van der Waals surface area contributed by atoms with Gasteiger partial charge in [-0.15, -0.1) is 0 Å². The lowest BCUT2D eigenvalue weighted by Gasteiger charge is -2.19. The molecule has 0 N–H and O–H groups in total. The smallest absolute Gasteiger partial charge is 0.341 e. The molecule has 0 aliphatic heterocycles. The number of hydrogen-bond acceptors (Lipinski definition) is 4. The van der Waals surface area contributed by atoms with E-state index in [0.717, 1.165) is 12.8 Å². The second-order valence-corrected chi connectivity index (χ2v) is 9.88. The molecule has 0 bridgehead atoms. The lowest BCUT2D eigenvalue weighted by atomic mass is 9.86. The summed E-state index contributed by atoms with van der Waals surface area (Å²) in [7, 11) is -0.990. The lowest BCUT2D eigenvalue weighted by molar-refractivity contribution is -0.217. The quantitative estimate of drug-likeness (QED) is 0.252. The Morgan fingerprint density at radius 3 is 2.60 bits per heavy atom. The van der Waals surface area contributed by atoms with Crippen LogP contribution in [0.3, 0.4) is 0 Å². The summed E-state index contributed by atoms with van der Waals surface area (Å²) in [5, 5.41) is 0. The molecule has 0 saturated heterocycles. The molecule has 5 heteroatoms. The molecule has 0 aromatic heterocycles. The molecule has 0 unspecified atom stereocenters. The second kappa shape index (κ2) is 10.7. The molecule has 0 aliphatic carbocycles. The number of carbonyl (C=O) groups is 1. The van der Waals surface area contributed by atoms with E-state index in [9.17, 15) is 4.79 Å². The summed E-state index contributed by atoms with van der Waals surface area (Å²) < 4.78 is 10.7. The van der Waals surface area contributed by atoms with Crippen molar-refractivity contribution in [3.63, 3.8) is 0 Å². The monoisotopic (exact) mass is 365 g/mol. The molecule has 0 fully saturated rings. The van der Waals surface area contributed by atoms with Gasteiger partial charge in [-0.05, 0) is 48.4 Å². The second-order valence-electron chi connectivity index (χ2n) is 7.90. The van der Waals surface area contributed by atoms with E-state index < -0.39 is 9.04 Å². The van der Waals surface area contributed by atoms with Crippen LogP contribution >= 0.6 is 0 Å². The molecular formula is C20H33O4Si. The minimum atomic E-state index is -0.990. The summed E-state index contributed by atoms with van der Waals surface area (Å²) in [4.78, 5) is 16.4. The standard InChI is InChI=1S/C20H33O4Si/c1-16(13-19(21)23-24-25(5)6)9-8-12-22-15-17-10-7-11-18(14-17)20(2,3)4/h7,10-11,14,16H,8-9,12-13,15H2,1-6H3/t16-/m0/s1. The van der Waals surface area contributed by atoms with Gasteiger partial charge in [-0.1, -0.05) is 52.0 Å². The lowest BCUT2D eigenvalue weighted by Crippen LogP contribution is -2.15. The Bertz CT molecular complexity index is 523. The Labute approximate surface area is 154 Å². The van der Waals surface area contributed by atoms with E-state index in [1.165, 1.54) is 11.1 Å². The van der Waals surface area contributed by atoms with Crippen molar-refractivity contribution in [2.75, 3.05) is 6.61 Å². The van der Waals surface area contributed by atoms with Gasteiger partial charge < -0.3 is 9.62 Å². The third-order valence-corrected chi connectivity index (χ3v) is 4.28. The first-order valence-electron chi connectivity index (χ1n) is 9.03. The van der Waals surface area contributed by atoms with Crippen LogP contribution in [0, 0.1) is 5.92 Å². The van der Waals surface area contributed by atoms with E-state index in [1.54, 1.807) is 0 Å². The van der Waals surface area contributed by atoms with E-state index in [2.05, 4.69) is 52.0 Å². The third kappa shape index (κ3) is 9.77. The number of hydrogen-bond donors (Lipinski definition) is 0. The summed E-state index contributed by atoms with van der Waals surface area (Å²) in [6.45, 7) is 13.9. The van der Waals surface area contributed by atoms with Crippen molar-refractivity contribution in [2.45, 2.75) is 72.1 Å². The van der Waals surface area contributed by atoms with Gasteiger partial charge in [-0.3, -0.25) is 0 Å². The molecule has 141 valence electrons. The Morgan fingerprint density at radius 2 is 1.96 bits per heavy atom. The van der Waals surface area contributed by atoms with Gasteiger partial charge in [0, 0.05) is 6.61 Å². The van der Waals surface area contributed by atoms with Crippen LogP contribution in [0.15, 0.2) is 24.3 Å². The molecule has 25 heavy (non-hydrogen) atoms. The Hall–Kier alpha value is -1.17. The maximum atomic E-state index is 11.6. The van der Waals surface area contributed by atoms with Crippen LogP contribution in [0.5, 0.6) is 0 Å². The molecule has 0 spiro atoms. The predicted molar refractivity (Wildman–Crippen MR) is 102 cm³/mol. The summed E-state index contributed by atoms with van der Waals surface area (Å²) in [6, 6.07) is 8.57. The van der Waals surface area contributed by atoms with Crippen molar-refractivity contribution in [1.29, 1.82) is 0 Å². The van der Waals surface area contributed by atoms with Crippen LogP contribution in [-0.2, 0) is 31.0 Å². The number of rotatable bonds is 10. The van der Waals surface area contributed by atoms with E-state index in [1.807, 2.05) is 13.1 Å². The van der Waals surface area contributed by atoms with Gasteiger partial charge in [-0.25, -0.2) is 9.37 Å². The van der Waals surface area contributed by atoms with Crippen LogP contribution in [-0.4, -0.2) is 21.6 Å². The van der Waals surface area contributed by atoms with Gasteiger partial charge in [0.25, 0.3) is 9.04 Å². The Kier molecular flexibility index (Phi) is 9.39. The predicted octanol–water partition coefficient (Wildman–Crippen LogP) is 5.03. The molecule has 1 atom stereocenters. The van der Waals surface area contributed by atoms with Crippen LogP contribution in [0.25, 0.3) is 0 Å². The van der Waals surface area contributed by atoms with E-state index in [4.69, 9.17) is 14.2 Å². The fourth-order valence-corrected chi connectivity index (χ4v) is 2.66. The summed E-state index contributed by atoms with van der Waals surface area (Å²) >= 11 is 0. The zero-order valence-corrected chi connectivity index (χ0v) is 17.6. The first-order chi connectivity index (χ1) is 11.7. The molecule has 0 amide bonds. The van der Waals surface area contributed by atoms with Crippen LogP contribution in [0.1, 0.15) is 58.1 Å². The van der Waals surface area contributed by atoms with Crippen molar-refractivity contribution in [3.8, 4) is 0 Å². The van der Waals surface area contributed by atoms with Crippen molar-refractivity contribution in [2.24, 2.45) is 5.92 Å². The topological polar surface area (TPSA) is 44.8 Å². The van der Waals surface area contributed by atoms with Gasteiger partial charge in [0.15, 0.2) is 0 Å². The number of carbonyl (C=O) groups excluding carboxylic acids is 1. The zero-order chi connectivity index (χ0) is 18.9. The number of ether oxygens (including phenoxy) is 1. The average Bonchev–Trinajstić information content (AvgIpc) is 2.52. The van der Waals surface area contributed by atoms with Crippen molar-refractivity contribution < 1.29 is 19.0 Å². The van der Waals surface area contributed by atoms with Gasteiger partial charge in [0.05, 0.1) is 13.0 Å². The summed E-state index contributed by atoms with van der Waals surface area (Å²) in [5.41, 5.74) is 2.69. The Morgan fingerprint density at radius 1 is 1.24 bits per heavy atom. The summed E-state index contributed by atoms with van der Waals surface area (Å²) in [6.07, 6.45) is 2.26. The fraction of sp³-hybridized carbons (Fsp3) is 0.650. The molecule has 1 radical (unpaired) electrons. The molecule has 1 rings (SSSR count). The zero-order valence-electron chi connectivity index (χ0n) is 16.6. The van der Waals surface area contributed by atoms with Crippen molar-refractivity contribution in [3.05, 3.63) is 35.4 Å². The molecule has 4 nitrogen and oxygen atoms in total. The highest BCUT2D eigenvalue weighted by Gasteiger charge is 2.14. The van der Waals surface area contributed by atoms with Crippen molar-refractivity contribution in [1.82, 2.24) is 0 Å². The number of benzene rings is 1. The maximum Gasteiger partial charge on any atom is 0.341 e. The minimum absolute atomic E-state index is 0.154. The highest BCUT2D eigenvalue weighted by Crippen LogP contribution is 2.23. The third-order valence-electron chi connectivity index (χ3n) is 3.86. The van der Waals surface area contributed by atoms with Gasteiger partial charge in [0.2, 0.25) is 0 Å². The van der Waals surface area contributed by atoms with Crippen LogP contribution in [0.2, 0.25) is 13.1 Å². The highest BCUT2D eigenvalue weighted by molar-refractivity contribution is 6.48. The first kappa shape index (κ1) is 21.9. The highest BCUT2D eigenvalue weighted by atomic mass is 28.3. The van der Waals surface area contributed by atoms with Gasteiger partial charge in [0.1, 0.15) is 0 Å². The molecular weight excluding hydrogens is 332 g/mol. The SMILES string of the molecule is C[C@@H](CCCOCc1cccc(C(C)(C)C)c1)CC(=O)OO[Si](C)C. The van der Waals surface area contributed by atoms with E-state index in [-0.39, 0.29) is 17.3 Å². The molecule has 0 heterocycles.